The summed E-state index contributed by atoms with van der Waals surface area (Å²) in [4.78, 5) is 41.6. The Bertz CT molecular complexity index is 1430. The third-order valence-electron chi connectivity index (χ3n) is 8.94. The molecule has 0 radical (unpaired) electrons. The first-order valence-electron chi connectivity index (χ1n) is 17.9. The third kappa shape index (κ3) is 13.7. The lowest BCUT2D eigenvalue weighted by molar-refractivity contribution is -0.964. The standard InChI is InChI=1S/C39H60N4O8/c1-37(2,3)43(27-35(46)47)21-16-40-15-17-41(26-34(44)45)18-19-42(20-22-43)25-31-32(50-38(4,5)6)23-30(24-33(31)51-39(7,8)9)36(48)49-28-29-13-11-10-12-14-29/h10-14,23-24,40H,15-22,25-28H2,1-9H3,(H-,44,45,46,47). The van der Waals surface area contributed by atoms with E-state index in [4.69, 9.17) is 14.2 Å². The zero-order valence-electron chi connectivity index (χ0n) is 32.2. The lowest BCUT2D eigenvalue weighted by atomic mass is 10.00. The molecule has 12 nitrogen and oxygen atoms in total. The number of nitrogens with one attached hydrogen (secondary N) is 1. The fraction of sp³-hybridized carbons (Fsp3) is 0.615. The number of hydrogen-bond acceptors (Lipinski definition) is 10. The van der Waals surface area contributed by atoms with E-state index in [1.807, 2.05) is 76.8 Å². The van der Waals surface area contributed by atoms with Crippen molar-refractivity contribution < 1.29 is 43.3 Å². The van der Waals surface area contributed by atoms with E-state index in [1.165, 1.54) is 0 Å². The van der Waals surface area contributed by atoms with Gasteiger partial charge in [0.1, 0.15) is 35.9 Å². The van der Waals surface area contributed by atoms with Gasteiger partial charge >= 0.3 is 11.9 Å². The molecule has 51 heavy (non-hydrogen) atoms. The van der Waals surface area contributed by atoms with Crippen molar-refractivity contribution in [2.75, 3.05) is 65.4 Å². The van der Waals surface area contributed by atoms with Crippen LogP contribution in [0, 0.1) is 0 Å². The molecule has 1 saturated heterocycles. The molecule has 2 aromatic rings. The Kier molecular flexibility index (Phi) is 14.5. The summed E-state index contributed by atoms with van der Waals surface area (Å²) in [7, 11) is 0. The van der Waals surface area contributed by atoms with E-state index in [0.717, 1.165) is 11.1 Å². The van der Waals surface area contributed by atoms with Crippen molar-refractivity contribution in [2.45, 2.75) is 92.2 Å². The normalized spacial score (nSPS) is 19.0. The van der Waals surface area contributed by atoms with Crippen LogP contribution in [0.3, 0.4) is 0 Å². The van der Waals surface area contributed by atoms with Gasteiger partial charge in [-0.15, -0.1) is 0 Å². The maximum Gasteiger partial charge on any atom is 0.338 e. The first-order valence-corrected chi connectivity index (χ1v) is 17.9. The Balaban J connectivity index is 2.11. The smallest absolute Gasteiger partial charge is 0.338 e. The molecule has 0 saturated carbocycles. The van der Waals surface area contributed by atoms with E-state index in [2.05, 4.69) is 31.0 Å². The molecule has 1 heterocycles. The van der Waals surface area contributed by atoms with Crippen molar-refractivity contribution >= 4 is 17.9 Å². The van der Waals surface area contributed by atoms with Gasteiger partial charge in [-0.25, -0.2) is 4.79 Å². The fourth-order valence-electron chi connectivity index (χ4n) is 6.19. The van der Waals surface area contributed by atoms with E-state index in [0.29, 0.717) is 80.4 Å². The van der Waals surface area contributed by atoms with E-state index in [-0.39, 0.29) is 19.7 Å². The molecule has 1 atom stereocenters. The second-order valence-electron chi connectivity index (χ2n) is 16.4. The second kappa shape index (κ2) is 17.7. The van der Waals surface area contributed by atoms with Crippen molar-refractivity contribution in [3.8, 4) is 11.5 Å². The molecule has 1 unspecified atom stereocenters. The van der Waals surface area contributed by atoms with Crippen molar-refractivity contribution in [3.63, 3.8) is 0 Å². The van der Waals surface area contributed by atoms with Crippen LogP contribution in [-0.4, -0.2) is 119 Å². The SMILES string of the molecule is CC(C)(C)Oc1cc(C(=O)OCc2ccccc2)cc(OC(C)(C)C)c1CN1CCN(CC(=O)O)CCNCC[N+](CC(=O)[O-])(C(C)(C)C)CC1. The molecule has 0 bridgehead atoms. The number of carbonyl (C=O) groups is 3. The predicted octanol–water partition coefficient (Wildman–Crippen LogP) is 3.56. The summed E-state index contributed by atoms with van der Waals surface area (Å²) in [5.74, 6) is -1.57. The monoisotopic (exact) mass is 712 g/mol. The van der Waals surface area contributed by atoms with Crippen LogP contribution >= 0.6 is 0 Å². The zero-order chi connectivity index (χ0) is 38.0. The highest BCUT2D eigenvalue weighted by molar-refractivity contribution is 5.91. The minimum atomic E-state index is -1.10. The zero-order valence-corrected chi connectivity index (χ0v) is 32.2. The molecule has 0 aromatic heterocycles. The lowest BCUT2D eigenvalue weighted by Gasteiger charge is -2.50. The number of benzene rings is 2. The van der Waals surface area contributed by atoms with Gasteiger partial charge in [-0.05, 0) is 80.0 Å². The molecule has 3 rings (SSSR count). The number of rotatable bonds is 11. The van der Waals surface area contributed by atoms with Gasteiger partial charge in [-0.2, -0.15) is 0 Å². The molecule has 0 amide bonds. The largest absolute Gasteiger partial charge is 0.544 e. The maximum absolute atomic E-state index is 13.5. The van der Waals surface area contributed by atoms with Crippen LogP contribution < -0.4 is 19.9 Å². The lowest BCUT2D eigenvalue weighted by Crippen LogP contribution is -2.67. The maximum atomic E-state index is 13.5. The van der Waals surface area contributed by atoms with E-state index >= 15 is 0 Å². The van der Waals surface area contributed by atoms with Gasteiger partial charge in [0.15, 0.2) is 0 Å². The topological polar surface area (TPSA) is 141 Å². The third-order valence-corrected chi connectivity index (χ3v) is 8.94. The first-order chi connectivity index (χ1) is 23.7. The molecular weight excluding hydrogens is 652 g/mol. The molecule has 2 N–H and O–H groups in total. The summed E-state index contributed by atoms with van der Waals surface area (Å²) >= 11 is 0. The number of nitrogens with zero attached hydrogens (tertiary/aromatic N) is 3. The van der Waals surface area contributed by atoms with Gasteiger partial charge in [0, 0.05) is 45.8 Å². The van der Waals surface area contributed by atoms with Crippen molar-refractivity contribution in [3.05, 3.63) is 59.2 Å². The quantitative estimate of drug-likeness (QED) is 0.261. The Morgan fingerprint density at radius 1 is 0.824 bits per heavy atom. The van der Waals surface area contributed by atoms with Crippen molar-refractivity contribution in [1.82, 2.24) is 15.1 Å². The number of aliphatic carboxylic acids is 2. The van der Waals surface area contributed by atoms with Gasteiger partial charge in [0.05, 0.1) is 42.3 Å². The highest BCUT2D eigenvalue weighted by Gasteiger charge is 2.40. The van der Waals surface area contributed by atoms with Crippen LogP contribution in [0.5, 0.6) is 11.5 Å². The van der Waals surface area contributed by atoms with Crippen molar-refractivity contribution in [1.29, 1.82) is 0 Å². The molecule has 0 spiro atoms. The van der Waals surface area contributed by atoms with Crippen LogP contribution in [0.15, 0.2) is 42.5 Å². The van der Waals surface area contributed by atoms with Crippen LogP contribution in [-0.2, 0) is 27.5 Å². The second-order valence-corrected chi connectivity index (χ2v) is 16.4. The summed E-state index contributed by atoms with van der Waals surface area (Å²) < 4.78 is 19.1. The van der Waals surface area contributed by atoms with Crippen LogP contribution in [0.1, 0.15) is 83.8 Å². The summed E-state index contributed by atoms with van der Waals surface area (Å²) in [6.07, 6.45) is 0. The summed E-state index contributed by atoms with van der Waals surface area (Å²) in [6, 6.07) is 12.9. The van der Waals surface area contributed by atoms with E-state index in [9.17, 15) is 24.6 Å². The molecule has 0 aliphatic carbocycles. The van der Waals surface area contributed by atoms with Gasteiger partial charge in [-0.1, -0.05) is 30.3 Å². The molecular formula is C39H60N4O8. The average molecular weight is 713 g/mol. The number of carboxylic acids is 2. The first kappa shape index (κ1) is 41.7. The summed E-state index contributed by atoms with van der Waals surface area (Å²) in [6.45, 7) is 22.2. The van der Waals surface area contributed by atoms with Gasteiger partial charge in [0.25, 0.3) is 0 Å². The minimum absolute atomic E-state index is 0.0985. The van der Waals surface area contributed by atoms with Gasteiger partial charge in [-0.3, -0.25) is 14.6 Å². The van der Waals surface area contributed by atoms with Crippen LogP contribution in [0.2, 0.25) is 0 Å². The molecule has 12 heteroatoms. The van der Waals surface area contributed by atoms with Gasteiger partial charge < -0.3 is 39.0 Å². The van der Waals surface area contributed by atoms with E-state index < -0.39 is 34.6 Å². The minimum Gasteiger partial charge on any atom is -0.544 e. The molecule has 1 aliphatic rings. The Morgan fingerprint density at radius 2 is 1.41 bits per heavy atom. The predicted molar refractivity (Wildman–Crippen MR) is 195 cm³/mol. The number of carbonyl (C=O) groups excluding carboxylic acids is 2. The fourth-order valence-corrected chi connectivity index (χ4v) is 6.19. The Hall–Kier alpha value is -3.71. The number of carboxylic acid groups (broad SMARTS) is 2. The Morgan fingerprint density at radius 3 is 1.94 bits per heavy atom. The molecule has 284 valence electrons. The van der Waals surface area contributed by atoms with E-state index in [1.54, 1.807) is 12.1 Å². The van der Waals surface area contributed by atoms with Crippen LogP contribution in [0.25, 0.3) is 0 Å². The van der Waals surface area contributed by atoms with Crippen molar-refractivity contribution in [2.24, 2.45) is 0 Å². The molecule has 1 aliphatic heterocycles. The molecule has 2 aromatic carbocycles. The number of hydrogen-bond donors (Lipinski definition) is 2. The number of esters is 1. The summed E-state index contributed by atoms with van der Waals surface area (Å²) in [5.41, 5.74) is 0.230. The highest BCUT2D eigenvalue weighted by Crippen LogP contribution is 2.37. The average Bonchev–Trinajstić information content (AvgIpc) is 2.98. The number of quaternary nitrogens is 1. The molecule has 1 fully saturated rings. The Labute approximate surface area is 304 Å². The van der Waals surface area contributed by atoms with Gasteiger partial charge in [0.2, 0.25) is 0 Å². The number of ether oxygens (including phenoxy) is 3. The highest BCUT2D eigenvalue weighted by atomic mass is 16.5. The van der Waals surface area contributed by atoms with Crippen LogP contribution in [0.4, 0.5) is 0 Å². The summed E-state index contributed by atoms with van der Waals surface area (Å²) in [5, 5.41) is 25.2.